The zero-order valence-corrected chi connectivity index (χ0v) is 11.3. The lowest BCUT2D eigenvalue weighted by molar-refractivity contribution is 0.970. The van der Waals surface area contributed by atoms with Gasteiger partial charge in [-0.1, -0.05) is 47.5 Å². The molecule has 0 saturated carbocycles. The van der Waals surface area contributed by atoms with Gasteiger partial charge in [0.05, 0.1) is 15.7 Å². The largest absolute Gasteiger partial charge is 0.353 e. The standard InChI is InChI=1S/C14H14Cl2N2/c15-11-5-3-6-12(16)14(11)18-13-7-2-1-4-10(13)8-9-17/h1-7,18H,8-9,17H2. The molecule has 0 heterocycles. The molecule has 0 aromatic heterocycles. The van der Waals surface area contributed by atoms with Gasteiger partial charge in [0.2, 0.25) is 0 Å². The van der Waals surface area contributed by atoms with Gasteiger partial charge in [0.25, 0.3) is 0 Å². The van der Waals surface area contributed by atoms with E-state index in [1.54, 1.807) is 12.1 Å². The fourth-order valence-corrected chi connectivity index (χ4v) is 2.26. The quantitative estimate of drug-likeness (QED) is 0.879. The van der Waals surface area contributed by atoms with Crippen molar-refractivity contribution in [1.82, 2.24) is 0 Å². The highest BCUT2D eigenvalue weighted by Crippen LogP contribution is 2.33. The van der Waals surface area contributed by atoms with Crippen LogP contribution < -0.4 is 11.1 Å². The van der Waals surface area contributed by atoms with E-state index in [1.807, 2.05) is 30.3 Å². The Hall–Kier alpha value is -1.22. The molecule has 0 aliphatic rings. The summed E-state index contributed by atoms with van der Waals surface area (Å²) in [4.78, 5) is 0. The second-order valence-corrected chi connectivity index (χ2v) is 4.73. The molecule has 0 radical (unpaired) electrons. The van der Waals surface area contributed by atoms with Gasteiger partial charge < -0.3 is 11.1 Å². The number of rotatable bonds is 4. The van der Waals surface area contributed by atoms with Gasteiger partial charge in [-0.25, -0.2) is 0 Å². The Morgan fingerprint density at radius 1 is 0.944 bits per heavy atom. The van der Waals surface area contributed by atoms with Crippen LogP contribution in [0.4, 0.5) is 11.4 Å². The zero-order valence-electron chi connectivity index (χ0n) is 9.79. The molecular formula is C14H14Cl2N2. The summed E-state index contributed by atoms with van der Waals surface area (Å²) in [5.41, 5.74) is 8.46. The molecule has 18 heavy (non-hydrogen) atoms. The predicted molar refractivity (Wildman–Crippen MR) is 78.9 cm³/mol. The molecule has 2 rings (SSSR count). The minimum Gasteiger partial charge on any atom is -0.353 e. The Balaban J connectivity index is 2.34. The first kappa shape index (κ1) is 13.2. The monoisotopic (exact) mass is 280 g/mol. The Bertz CT molecular complexity index is 521. The van der Waals surface area contributed by atoms with Crippen molar-refractivity contribution in [2.45, 2.75) is 6.42 Å². The van der Waals surface area contributed by atoms with Crippen molar-refractivity contribution in [3.63, 3.8) is 0 Å². The molecule has 2 nitrogen and oxygen atoms in total. The molecule has 3 N–H and O–H groups in total. The number of benzene rings is 2. The Labute approximate surface area is 117 Å². The van der Waals surface area contributed by atoms with Gasteiger partial charge in [-0.2, -0.15) is 0 Å². The summed E-state index contributed by atoms with van der Waals surface area (Å²) in [6, 6.07) is 13.4. The van der Waals surface area contributed by atoms with Gasteiger partial charge in [-0.15, -0.1) is 0 Å². The Morgan fingerprint density at radius 2 is 1.61 bits per heavy atom. The molecule has 0 unspecified atom stereocenters. The fraction of sp³-hybridized carbons (Fsp3) is 0.143. The molecular weight excluding hydrogens is 267 g/mol. The summed E-state index contributed by atoms with van der Waals surface area (Å²) in [7, 11) is 0. The predicted octanol–water partition coefficient (Wildman–Crippen LogP) is 4.24. The van der Waals surface area contributed by atoms with Crippen molar-refractivity contribution in [1.29, 1.82) is 0 Å². The van der Waals surface area contributed by atoms with Crippen LogP contribution >= 0.6 is 23.2 Å². The highest BCUT2D eigenvalue weighted by molar-refractivity contribution is 6.39. The molecule has 0 atom stereocenters. The van der Waals surface area contributed by atoms with E-state index in [0.717, 1.165) is 23.4 Å². The highest BCUT2D eigenvalue weighted by Gasteiger charge is 2.07. The number of nitrogens with two attached hydrogens (primary N) is 1. The van der Waals surface area contributed by atoms with Crippen LogP contribution in [0.3, 0.4) is 0 Å². The van der Waals surface area contributed by atoms with Crippen LogP contribution in [-0.2, 0) is 6.42 Å². The summed E-state index contributed by atoms with van der Waals surface area (Å²) < 4.78 is 0. The van der Waals surface area contributed by atoms with E-state index in [9.17, 15) is 0 Å². The number of anilines is 2. The average molecular weight is 281 g/mol. The molecule has 2 aromatic rings. The second kappa shape index (κ2) is 6.10. The van der Waals surface area contributed by atoms with Gasteiger partial charge in [0, 0.05) is 5.69 Å². The van der Waals surface area contributed by atoms with Gasteiger partial charge in [0.1, 0.15) is 0 Å². The van der Waals surface area contributed by atoms with E-state index in [2.05, 4.69) is 5.32 Å². The summed E-state index contributed by atoms with van der Waals surface area (Å²) in [5.74, 6) is 0. The lowest BCUT2D eigenvalue weighted by Crippen LogP contribution is -2.05. The maximum atomic E-state index is 6.14. The highest BCUT2D eigenvalue weighted by atomic mass is 35.5. The number of para-hydroxylation sites is 2. The van der Waals surface area contributed by atoms with Gasteiger partial charge in [-0.05, 0) is 36.7 Å². The van der Waals surface area contributed by atoms with Gasteiger partial charge >= 0.3 is 0 Å². The van der Waals surface area contributed by atoms with E-state index in [4.69, 9.17) is 28.9 Å². The minimum atomic E-state index is 0.602. The van der Waals surface area contributed by atoms with E-state index >= 15 is 0 Å². The number of hydrogen-bond acceptors (Lipinski definition) is 2. The van der Waals surface area contributed by atoms with E-state index in [0.29, 0.717) is 16.6 Å². The summed E-state index contributed by atoms with van der Waals surface area (Å²) in [6.45, 7) is 0.606. The maximum Gasteiger partial charge on any atom is 0.0762 e. The average Bonchev–Trinajstić information content (AvgIpc) is 2.36. The molecule has 0 bridgehead atoms. The molecule has 0 spiro atoms. The van der Waals surface area contributed by atoms with Gasteiger partial charge in [-0.3, -0.25) is 0 Å². The third-order valence-corrected chi connectivity index (χ3v) is 3.28. The zero-order chi connectivity index (χ0) is 13.0. The third kappa shape index (κ3) is 2.96. The first-order valence-corrected chi connectivity index (χ1v) is 6.47. The maximum absolute atomic E-state index is 6.14. The number of hydrogen-bond donors (Lipinski definition) is 2. The van der Waals surface area contributed by atoms with Crippen LogP contribution in [-0.4, -0.2) is 6.54 Å². The summed E-state index contributed by atoms with van der Waals surface area (Å²) >= 11 is 12.3. The molecule has 0 amide bonds. The molecule has 0 aliphatic heterocycles. The molecule has 0 saturated heterocycles. The van der Waals surface area contributed by atoms with Crippen LogP contribution in [0.5, 0.6) is 0 Å². The number of halogens is 2. The van der Waals surface area contributed by atoms with Crippen molar-refractivity contribution in [2.75, 3.05) is 11.9 Å². The van der Waals surface area contributed by atoms with Gasteiger partial charge in [0.15, 0.2) is 0 Å². The van der Waals surface area contributed by atoms with E-state index in [-0.39, 0.29) is 0 Å². The second-order valence-electron chi connectivity index (χ2n) is 3.92. The normalized spacial score (nSPS) is 10.4. The third-order valence-electron chi connectivity index (χ3n) is 2.65. The smallest absolute Gasteiger partial charge is 0.0762 e. The Morgan fingerprint density at radius 3 is 2.28 bits per heavy atom. The van der Waals surface area contributed by atoms with Crippen LogP contribution in [0, 0.1) is 0 Å². The van der Waals surface area contributed by atoms with Crippen molar-refractivity contribution in [3.05, 3.63) is 58.1 Å². The molecule has 94 valence electrons. The summed E-state index contributed by atoms with van der Waals surface area (Å²) in [6.07, 6.45) is 0.811. The van der Waals surface area contributed by atoms with E-state index < -0.39 is 0 Å². The molecule has 0 fully saturated rings. The van der Waals surface area contributed by atoms with E-state index in [1.165, 1.54) is 0 Å². The van der Waals surface area contributed by atoms with Crippen LogP contribution in [0.25, 0.3) is 0 Å². The lowest BCUT2D eigenvalue weighted by Gasteiger charge is -2.13. The Kier molecular flexibility index (Phi) is 4.48. The summed E-state index contributed by atoms with van der Waals surface area (Å²) in [5, 5.41) is 4.48. The molecule has 2 aromatic carbocycles. The minimum absolute atomic E-state index is 0.602. The fourth-order valence-electron chi connectivity index (χ4n) is 1.77. The van der Waals surface area contributed by atoms with Crippen LogP contribution in [0.2, 0.25) is 10.0 Å². The van der Waals surface area contributed by atoms with Crippen molar-refractivity contribution < 1.29 is 0 Å². The van der Waals surface area contributed by atoms with Crippen molar-refractivity contribution in [3.8, 4) is 0 Å². The topological polar surface area (TPSA) is 38.0 Å². The van der Waals surface area contributed by atoms with Crippen molar-refractivity contribution in [2.24, 2.45) is 5.73 Å². The molecule has 4 heteroatoms. The number of nitrogens with one attached hydrogen (secondary N) is 1. The lowest BCUT2D eigenvalue weighted by atomic mass is 10.1. The first-order chi connectivity index (χ1) is 8.72. The van der Waals surface area contributed by atoms with Crippen molar-refractivity contribution >= 4 is 34.6 Å². The van der Waals surface area contributed by atoms with Crippen LogP contribution in [0.15, 0.2) is 42.5 Å². The SMILES string of the molecule is NCCc1ccccc1Nc1c(Cl)cccc1Cl. The first-order valence-electron chi connectivity index (χ1n) is 5.71. The van der Waals surface area contributed by atoms with Crippen LogP contribution in [0.1, 0.15) is 5.56 Å². The molecule has 0 aliphatic carbocycles.